The Hall–Kier alpha value is -2.26. The molecule has 0 atom stereocenters. The van der Waals surface area contributed by atoms with Gasteiger partial charge in [0.2, 0.25) is 0 Å². The molecule has 0 spiro atoms. The van der Waals surface area contributed by atoms with E-state index in [1.807, 2.05) is 6.07 Å². The molecule has 0 saturated heterocycles. The summed E-state index contributed by atoms with van der Waals surface area (Å²) >= 11 is 5.84. The number of para-hydroxylation sites is 1. The molecular formula is C14H8ClF3N2O. The van der Waals surface area contributed by atoms with Crippen molar-refractivity contribution in [2.45, 2.75) is 12.8 Å². The molecule has 0 amide bonds. The summed E-state index contributed by atoms with van der Waals surface area (Å²) in [7, 11) is 0. The Labute approximate surface area is 123 Å². The van der Waals surface area contributed by atoms with Crippen LogP contribution >= 0.6 is 11.6 Å². The molecule has 1 heterocycles. The highest BCUT2D eigenvalue weighted by Gasteiger charge is 2.32. The molecule has 0 N–H and O–H groups in total. The minimum atomic E-state index is -4.80. The number of aromatic nitrogens is 1. The summed E-state index contributed by atoms with van der Waals surface area (Å²) in [5, 5.41) is 8.79. The topological polar surface area (TPSA) is 45.9 Å². The van der Waals surface area contributed by atoms with Crippen LogP contribution in [0.15, 0.2) is 36.4 Å². The molecule has 2 rings (SSSR count). The van der Waals surface area contributed by atoms with Gasteiger partial charge in [-0.05, 0) is 29.8 Å². The monoisotopic (exact) mass is 312 g/mol. The van der Waals surface area contributed by atoms with E-state index in [1.54, 1.807) is 6.07 Å². The van der Waals surface area contributed by atoms with Crippen LogP contribution in [0.1, 0.15) is 5.56 Å². The zero-order valence-electron chi connectivity index (χ0n) is 10.5. The highest BCUT2D eigenvalue weighted by Crippen LogP contribution is 2.33. The van der Waals surface area contributed by atoms with Gasteiger partial charge in [-0.15, -0.1) is 13.2 Å². The molecule has 0 radical (unpaired) electrons. The van der Waals surface area contributed by atoms with Gasteiger partial charge in [0.15, 0.2) is 0 Å². The van der Waals surface area contributed by atoms with Crippen LogP contribution in [0.25, 0.3) is 11.3 Å². The highest BCUT2D eigenvalue weighted by molar-refractivity contribution is 6.29. The summed E-state index contributed by atoms with van der Waals surface area (Å²) in [5.41, 5.74) is 0.929. The quantitative estimate of drug-likeness (QED) is 0.791. The van der Waals surface area contributed by atoms with Crippen molar-refractivity contribution < 1.29 is 17.9 Å². The number of nitrogens with zero attached hydrogens (tertiary/aromatic N) is 2. The number of hydrogen-bond acceptors (Lipinski definition) is 3. The normalized spacial score (nSPS) is 11.0. The second-order valence-corrected chi connectivity index (χ2v) is 4.45. The molecule has 7 heteroatoms. The molecular weight excluding hydrogens is 305 g/mol. The second-order valence-electron chi connectivity index (χ2n) is 4.06. The number of benzene rings is 1. The first-order chi connectivity index (χ1) is 9.89. The van der Waals surface area contributed by atoms with E-state index in [1.165, 1.54) is 30.3 Å². The minimum Gasteiger partial charge on any atom is -0.405 e. The maximum absolute atomic E-state index is 12.4. The summed E-state index contributed by atoms with van der Waals surface area (Å²) in [6.07, 6.45) is -4.72. The number of alkyl halides is 3. The lowest BCUT2D eigenvalue weighted by Gasteiger charge is -2.13. The predicted octanol–water partition coefficient (Wildman–Crippen LogP) is 4.37. The van der Waals surface area contributed by atoms with Gasteiger partial charge in [0.25, 0.3) is 0 Å². The molecule has 108 valence electrons. The van der Waals surface area contributed by atoms with Crippen molar-refractivity contribution in [3.05, 3.63) is 47.1 Å². The first kappa shape index (κ1) is 15.1. The van der Waals surface area contributed by atoms with Gasteiger partial charge in [0, 0.05) is 5.56 Å². The third-order valence-corrected chi connectivity index (χ3v) is 2.72. The Balaban J connectivity index is 2.49. The molecule has 0 aliphatic rings. The maximum atomic E-state index is 12.4. The van der Waals surface area contributed by atoms with Crippen LogP contribution in [0.2, 0.25) is 5.15 Å². The van der Waals surface area contributed by atoms with E-state index in [4.69, 9.17) is 16.9 Å². The van der Waals surface area contributed by atoms with Crippen molar-refractivity contribution in [2.75, 3.05) is 0 Å². The number of nitriles is 1. The number of halogens is 4. The van der Waals surface area contributed by atoms with E-state index in [0.29, 0.717) is 5.56 Å². The lowest BCUT2D eigenvalue weighted by atomic mass is 10.1. The third kappa shape index (κ3) is 4.10. The van der Waals surface area contributed by atoms with Crippen molar-refractivity contribution in [2.24, 2.45) is 0 Å². The molecule has 1 aromatic heterocycles. The molecule has 0 aliphatic carbocycles. The lowest BCUT2D eigenvalue weighted by molar-refractivity contribution is -0.274. The first-order valence-electron chi connectivity index (χ1n) is 5.77. The van der Waals surface area contributed by atoms with Gasteiger partial charge in [0.05, 0.1) is 18.2 Å². The molecule has 0 fully saturated rings. The van der Waals surface area contributed by atoms with Gasteiger partial charge in [-0.3, -0.25) is 0 Å². The van der Waals surface area contributed by atoms with Crippen molar-refractivity contribution in [1.82, 2.24) is 4.98 Å². The molecule has 0 saturated carbocycles. The van der Waals surface area contributed by atoms with Crippen molar-refractivity contribution >= 4 is 11.6 Å². The Kier molecular flexibility index (Phi) is 4.34. The zero-order valence-corrected chi connectivity index (χ0v) is 11.2. The van der Waals surface area contributed by atoms with E-state index < -0.39 is 6.36 Å². The summed E-state index contributed by atoms with van der Waals surface area (Å²) in [6, 6.07) is 10.6. The molecule has 0 aliphatic heterocycles. The molecule has 0 bridgehead atoms. The van der Waals surface area contributed by atoms with Crippen LogP contribution in [0, 0.1) is 11.3 Å². The summed E-state index contributed by atoms with van der Waals surface area (Å²) < 4.78 is 41.2. The number of rotatable bonds is 3. The number of pyridine rings is 1. The largest absolute Gasteiger partial charge is 0.573 e. The van der Waals surface area contributed by atoms with E-state index in [2.05, 4.69) is 9.72 Å². The fourth-order valence-corrected chi connectivity index (χ4v) is 2.00. The van der Waals surface area contributed by atoms with Gasteiger partial charge in [-0.25, -0.2) is 4.98 Å². The van der Waals surface area contributed by atoms with Crippen molar-refractivity contribution in [3.8, 4) is 23.1 Å². The number of hydrogen-bond donors (Lipinski definition) is 0. The van der Waals surface area contributed by atoms with Gasteiger partial charge in [-0.1, -0.05) is 23.7 Å². The maximum Gasteiger partial charge on any atom is 0.573 e. The van der Waals surface area contributed by atoms with Crippen LogP contribution < -0.4 is 4.74 Å². The van der Waals surface area contributed by atoms with Crippen LogP contribution in [0.3, 0.4) is 0 Å². The zero-order chi connectivity index (χ0) is 15.5. The molecule has 2 aromatic rings. The lowest BCUT2D eigenvalue weighted by Crippen LogP contribution is -2.17. The van der Waals surface area contributed by atoms with Gasteiger partial charge in [0.1, 0.15) is 10.9 Å². The van der Waals surface area contributed by atoms with E-state index in [0.717, 1.165) is 0 Å². The van der Waals surface area contributed by atoms with Gasteiger partial charge < -0.3 is 4.74 Å². The van der Waals surface area contributed by atoms with Gasteiger partial charge >= 0.3 is 6.36 Å². The Morgan fingerprint density at radius 2 is 1.95 bits per heavy atom. The SMILES string of the molecule is N#CCc1cc(Cl)nc(-c2ccccc2OC(F)(F)F)c1. The Morgan fingerprint density at radius 3 is 2.62 bits per heavy atom. The summed E-state index contributed by atoms with van der Waals surface area (Å²) in [4.78, 5) is 3.99. The predicted molar refractivity (Wildman–Crippen MR) is 70.7 cm³/mol. The molecule has 21 heavy (non-hydrogen) atoms. The Bertz CT molecular complexity index is 695. The van der Waals surface area contributed by atoms with E-state index in [9.17, 15) is 13.2 Å². The fourth-order valence-electron chi connectivity index (χ4n) is 1.77. The summed E-state index contributed by atoms with van der Waals surface area (Å²) in [5.74, 6) is -0.373. The Morgan fingerprint density at radius 1 is 1.24 bits per heavy atom. The standard InChI is InChI=1S/C14H8ClF3N2O/c15-13-8-9(5-6-19)7-11(20-13)10-3-1-2-4-12(10)21-14(16,17)18/h1-4,7-8H,5H2. The third-order valence-electron chi connectivity index (χ3n) is 2.53. The minimum absolute atomic E-state index is 0.0809. The van der Waals surface area contributed by atoms with Crippen molar-refractivity contribution in [3.63, 3.8) is 0 Å². The van der Waals surface area contributed by atoms with Crippen LogP contribution in [-0.2, 0) is 6.42 Å². The number of ether oxygens (including phenoxy) is 1. The van der Waals surface area contributed by atoms with Gasteiger partial charge in [-0.2, -0.15) is 5.26 Å². The second kappa shape index (κ2) is 6.02. The average molecular weight is 313 g/mol. The van der Waals surface area contributed by atoms with Crippen LogP contribution in [0.4, 0.5) is 13.2 Å². The molecule has 0 unspecified atom stereocenters. The van der Waals surface area contributed by atoms with E-state index in [-0.39, 0.29) is 28.6 Å². The average Bonchev–Trinajstić information content (AvgIpc) is 2.37. The molecule has 3 nitrogen and oxygen atoms in total. The first-order valence-corrected chi connectivity index (χ1v) is 6.15. The fraction of sp³-hybridized carbons (Fsp3) is 0.143. The van der Waals surface area contributed by atoms with Crippen LogP contribution in [-0.4, -0.2) is 11.3 Å². The highest BCUT2D eigenvalue weighted by atomic mass is 35.5. The van der Waals surface area contributed by atoms with E-state index >= 15 is 0 Å². The van der Waals surface area contributed by atoms with Crippen molar-refractivity contribution in [1.29, 1.82) is 5.26 Å². The van der Waals surface area contributed by atoms with Crippen LogP contribution in [0.5, 0.6) is 5.75 Å². The molecule has 1 aromatic carbocycles. The summed E-state index contributed by atoms with van der Waals surface area (Å²) in [6.45, 7) is 0. The smallest absolute Gasteiger partial charge is 0.405 e.